The molecular weight excluding hydrogens is 472 g/mol. The molecule has 0 saturated carbocycles. The van der Waals surface area contributed by atoms with Crippen molar-refractivity contribution in [2.24, 2.45) is 0 Å². The lowest BCUT2D eigenvalue weighted by molar-refractivity contribution is 0.115. The normalized spacial score (nSPS) is 14.9. The van der Waals surface area contributed by atoms with Crippen LogP contribution in [0, 0.1) is 0 Å². The van der Waals surface area contributed by atoms with Crippen LogP contribution in [0.5, 0.6) is 11.5 Å². The van der Waals surface area contributed by atoms with Gasteiger partial charge in [0.05, 0.1) is 35.8 Å². The first-order valence-electron chi connectivity index (χ1n) is 12.1. The summed E-state index contributed by atoms with van der Waals surface area (Å²) in [5.41, 5.74) is 5.84. The van der Waals surface area contributed by atoms with Crippen LogP contribution in [-0.2, 0) is 6.54 Å². The SMILES string of the molecule is COc1cc(OC2CCN(C)CC2)c2c(Nc3ccc4c(ccn4Cc4cscn4)c3)ncnc2c1. The summed E-state index contributed by atoms with van der Waals surface area (Å²) in [6, 6.07) is 12.3. The topological polar surface area (TPSA) is 77.3 Å². The average molecular weight is 501 g/mol. The minimum atomic E-state index is 0.151. The van der Waals surface area contributed by atoms with Gasteiger partial charge in [-0.2, -0.15) is 0 Å². The average Bonchev–Trinajstić information content (AvgIpc) is 3.55. The standard InChI is InChI=1S/C27H28N6O2S/c1-32-8-6-21(7-9-32)35-25-13-22(34-2)12-23-26(25)27(29-16-28-23)31-19-3-4-24-18(11-19)5-10-33(24)14-20-15-36-17-30-20/h3-5,10-13,15-17,21H,6-9,14H2,1-2H3,(H,28,29,31). The number of benzene rings is 2. The molecule has 1 saturated heterocycles. The van der Waals surface area contributed by atoms with Crippen LogP contribution in [-0.4, -0.2) is 57.8 Å². The smallest absolute Gasteiger partial charge is 0.145 e. The fourth-order valence-corrected chi connectivity index (χ4v) is 5.31. The molecule has 0 bridgehead atoms. The van der Waals surface area contributed by atoms with Gasteiger partial charge in [-0.05, 0) is 44.2 Å². The van der Waals surface area contributed by atoms with E-state index in [0.29, 0.717) is 5.82 Å². The van der Waals surface area contributed by atoms with Crippen LogP contribution >= 0.6 is 11.3 Å². The number of anilines is 2. The Morgan fingerprint density at radius 2 is 1.97 bits per heavy atom. The van der Waals surface area contributed by atoms with Crippen molar-refractivity contribution in [3.63, 3.8) is 0 Å². The van der Waals surface area contributed by atoms with Crippen LogP contribution in [0.15, 0.2) is 59.8 Å². The van der Waals surface area contributed by atoms with E-state index in [1.54, 1.807) is 24.8 Å². The number of rotatable bonds is 7. The summed E-state index contributed by atoms with van der Waals surface area (Å²) >= 11 is 1.62. The van der Waals surface area contributed by atoms with Crippen LogP contribution in [0.25, 0.3) is 21.8 Å². The van der Waals surface area contributed by atoms with E-state index in [9.17, 15) is 0 Å². The fourth-order valence-electron chi connectivity index (χ4n) is 4.76. The van der Waals surface area contributed by atoms with Crippen LogP contribution in [0.1, 0.15) is 18.5 Å². The predicted molar refractivity (Wildman–Crippen MR) is 144 cm³/mol. The number of fused-ring (bicyclic) bond motifs is 2. The third-order valence-corrected chi connectivity index (χ3v) is 7.36. The zero-order chi connectivity index (χ0) is 24.5. The second-order valence-corrected chi connectivity index (χ2v) is 9.90. The van der Waals surface area contributed by atoms with E-state index in [0.717, 1.165) is 77.2 Å². The first kappa shape index (κ1) is 22.8. The summed E-state index contributed by atoms with van der Waals surface area (Å²) in [5.74, 6) is 2.18. The molecule has 2 aromatic carbocycles. The highest BCUT2D eigenvalue weighted by Crippen LogP contribution is 2.37. The lowest BCUT2D eigenvalue weighted by Gasteiger charge is -2.29. The van der Waals surface area contributed by atoms with Gasteiger partial charge in [0.2, 0.25) is 0 Å². The van der Waals surface area contributed by atoms with Crippen LogP contribution in [0.3, 0.4) is 0 Å². The summed E-state index contributed by atoms with van der Waals surface area (Å²) in [4.78, 5) is 15.9. The number of hydrogen-bond donors (Lipinski definition) is 1. The molecule has 0 atom stereocenters. The Balaban J connectivity index is 1.32. The van der Waals surface area contributed by atoms with Crippen molar-refractivity contribution in [1.29, 1.82) is 0 Å². The minimum Gasteiger partial charge on any atom is -0.497 e. The third-order valence-electron chi connectivity index (χ3n) is 6.72. The monoisotopic (exact) mass is 500 g/mol. The van der Waals surface area contributed by atoms with Gasteiger partial charge < -0.3 is 24.3 Å². The molecule has 4 heterocycles. The second-order valence-electron chi connectivity index (χ2n) is 9.18. The zero-order valence-corrected chi connectivity index (χ0v) is 21.2. The van der Waals surface area contributed by atoms with Gasteiger partial charge in [-0.3, -0.25) is 0 Å². The van der Waals surface area contributed by atoms with E-state index < -0.39 is 0 Å². The van der Waals surface area contributed by atoms with E-state index in [4.69, 9.17) is 9.47 Å². The van der Waals surface area contributed by atoms with Crippen molar-refractivity contribution in [1.82, 2.24) is 24.4 Å². The number of nitrogens with one attached hydrogen (secondary N) is 1. The van der Waals surface area contributed by atoms with Gasteiger partial charge in [-0.1, -0.05) is 0 Å². The molecule has 1 fully saturated rings. The largest absolute Gasteiger partial charge is 0.497 e. The van der Waals surface area contributed by atoms with Crippen molar-refractivity contribution in [2.45, 2.75) is 25.5 Å². The molecule has 1 aliphatic rings. The zero-order valence-electron chi connectivity index (χ0n) is 20.3. The highest BCUT2D eigenvalue weighted by molar-refractivity contribution is 7.07. The van der Waals surface area contributed by atoms with Crippen molar-refractivity contribution in [2.75, 3.05) is 32.6 Å². The molecule has 3 aromatic heterocycles. The molecule has 0 unspecified atom stereocenters. The summed E-state index contributed by atoms with van der Waals surface area (Å²) in [6.45, 7) is 2.81. The molecule has 1 aliphatic heterocycles. The summed E-state index contributed by atoms with van der Waals surface area (Å²) in [6.07, 6.45) is 5.80. The Hall–Kier alpha value is -3.69. The van der Waals surface area contributed by atoms with E-state index in [-0.39, 0.29) is 6.10 Å². The molecule has 9 heteroatoms. The molecule has 0 amide bonds. The van der Waals surface area contributed by atoms with E-state index in [1.165, 1.54) is 0 Å². The van der Waals surface area contributed by atoms with Gasteiger partial charge in [0.15, 0.2) is 0 Å². The predicted octanol–water partition coefficient (Wildman–Crippen LogP) is 5.31. The van der Waals surface area contributed by atoms with Gasteiger partial charge in [-0.15, -0.1) is 11.3 Å². The number of likely N-dealkylation sites (tertiary alicyclic amines) is 1. The molecule has 6 rings (SSSR count). The first-order chi connectivity index (χ1) is 17.7. The molecule has 8 nitrogen and oxygen atoms in total. The maximum Gasteiger partial charge on any atom is 0.145 e. The van der Waals surface area contributed by atoms with E-state index >= 15 is 0 Å². The fraction of sp³-hybridized carbons (Fsp3) is 0.296. The Bertz CT molecular complexity index is 1490. The summed E-state index contributed by atoms with van der Waals surface area (Å²) < 4.78 is 14.3. The lowest BCUT2D eigenvalue weighted by Crippen LogP contribution is -2.35. The first-order valence-corrected chi connectivity index (χ1v) is 13.0. The van der Waals surface area contributed by atoms with Crippen molar-refractivity contribution in [3.8, 4) is 11.5 Å². The van der Waals surface area contributed by atoms with Gasteiger partial charge in [-0.25, -0.2) is 15.0 Å². The van der Waals surface area contributed by atoms with Gasteiger partial charge in [0, 0.05) is 53.4 Å². The Morgan fingerprint density at radius 3 is 2.78 bits per heavy atom. The number of hydrogen-bond acceptors (Lipinski definition) is 8. The Labute approximate surface area is 213 Å². The highest BCUT2D eigenvalue weighted by Gasteiger charge is 2.21. The third kappa shape index (κ3) is 4.59. The Morgan fingerprint density at radius 1 is 1.08 bits per heavy atom. The van der Waals surface area contributed by atoms with Crippen LogP contribution < -0.4 is 14.8 Å². The molecule has 184 valence electrons. The van der Waals surface area contributed by atoms with E-state index in [1.807, 2.05) is 17.6 Å². The van der Waals surface area contributed by atoms with Crippen LogP contribution in [0.2, 0.25) is 0 Å². The number of nitrogens with zero attached hydrogens (tertiary/aromatic N) is 5. The van der Waals surface area contributed by atoms with Crippen molar-refractivity contribution in [3.05, 3.63) is 65.5 Å². The number of piperidine rings is 1. The Kier molecular flexibility index (Phi) is 6.16. The van der Waals surface area contributed by atoms with Gasteiger partial charge in [0.25, 0.3) is 0 Å². The molecule has 0 spiro atoms. The van der Waals surface area contributed by atoms with Crippen molar-refractivity contribution >= 4 is 44.6 Å². The van der Waals surface area contributed by atoms with Crippen LogP contribution in [0.4, 0.5) is 11.5 Å². The molecule has 36 heavy (non-hydrogen) atoms. The minimum absolute atomic E-state index is 0.151. The summed E-state index contributed by atoms with van der Waals surface area (Å²) in [5, 5.41) is 7.61. The maximum atomic E-state index is 6.53. The second kappa shape index (κ2) is 9.75. The molecule has 5 aromatic rings. The molecule has 0 aliphatic carbocycles. The highest BCUT2D eigenvalue weighted by atomic mass is 32.1. The number of thiazole rings is 1. The number of aromatic nitrogens is 4. The van der Waals surface area contributed by atoms with E-state index in [2.05, 4.69) is 72.6 Å². The molecular formula is C27H28N6O2S. The molecule has 1 N–H and O–H groups in total. The summed E-state index contributed by atoms with van der Waals surface area (Å²) in [7, 11) is 3.81. The molecule has 0 radical (unpaired) electrons. The quantitative estimate of drug-likeness (QED) is 0.324. The van der Waals surface area contributed by atoms with Gasteiger partial charge in [0.1, 0.15) is 29.7 Å². The number of methoxy groups -OCH3 is 1. The number of ether oxygens (including phenoxy) is 2. The van der Waals surface area contributed by atoms with Crippen molar-refractivity contribution < 1.29 is 9.47 Å². The van der Waals surface area contributed by atoms with Gasteiger partial charge >= 0.3 is 0 Å². The lowest BCUT2D eigenvalue weighted by atomic mass is 10.1. The maximum absolute atomic E-state index is 6.53.